The third-order valence-electron chi connectivity index (χ3n) is 6.34. The molecular weight excluding hydrogens is 587 g/mol. The molecule has 0 spiro atoms. The van der Waals surface area contributed by atoms with Crippen LogP contribution in [0.4, 0.5) is 24.8 Å². The van der Waals surface area contributed by atoms with Crippen LogP contribution in [0.2, 0.25) is 5.02 Å². The van der Waals surface area contributed by atoms with Crippen molar-refractivity contribution >= 4 is 40.2 Å². The molecule has 3 N–H and O–H groups in total. The first-order valence-electron chi connectivity index (χ1n) is 12.9. The van der Waals surface area contributed by atoms with Crippen LogP contribution in [0.15, 0.2) is 84.2 Å². The molecule has 4 aromatic heterocycles. The maximum absolute atomic E-state index is 13.8. The fourth-order valence-corrected chi connectivity index (χ4v) is 4.49. The van der Waals surface area contributed by atoms with Crippen LogP contribution >= 0.6 is 11.6 Å². The molecule has 0 atom stereocenters. The van der Waals surface area contributed by atoms with Crippen molar-refractivity contribution in [3.63, 3.8) is 0 Å². The van der Waals surface area contributed by atoms with E-state index in [1.54, 1.807) is 31.4 Å². The molecular formula is C29H25ClF3N7O3. The Morgan fingerprint density at radius 3 is 2.60 bits per heavy atom. The predicted octanol–water partition coefficient (Wildman–Crippen LogP) is 5.49. The first kappa shape index (κ1) is 29.6. The molecule has 0 fully saturated rings. The van der Waals surface area contributed by atoms with Crippen LogP contribution in [0.1, 0.15) is 16.8 Å². The zero-order chi connectivity index (χ0) is 30.6. The molecule has 14 heteroatoms. The largest absolute Gasteiger partial charge is 0.450 e. The molecule has 4 heterocycles. The molecule has 0 aliphatic rings. The molecule has 5 aromatic rings. The number of alkyl halides is 3. The summed E-state index contributed by atoms with van der Waals surface area (Å²) in [4.78, 5) is 26.0. The minimum Gasteiger partial charge on any atom is -0.450 e. The average molecular weight is 612 g/mol. The summed E-state index contributed by atoms with van der Waals surface area (Å²) in [6.45, 7) is 0.166. The molecule has 10 nitrogen and oxygen atoms in total. The van der Waals surface area contributed by atoms with Gasteiger partial charge in [-0.25, -0.2) is 4.98 Å². The third kappa shape index (κ3) is 6.63. The molecule has 1 aromatic carbocycles. The van der Waals surface area contributed by atoms with Crippen molar-refractivity contribution in [2.24, 2.45) is 12.8 Å². The van der Waals surface area contributed by atoms with Gasteiger partial charge in [0, 0.05) is 32.2 Å². The maximum atomic E-state index is 13.8. The first-order chi connectivity index (χ1) is 20.7. The molecule has 0 saturated heterocycles. The lowest BCUT2D eigenvalue weighted by Crippen LogP contribution is -2.26. The molecule has 0 unspecified atom stereocenters. The summed E-state index contributed by atoms with van der Waals surface area (Å²) in [5.41, 5.74) is 5.51. The second-order valence-electron chi connectivity index (χ2n) is 9.25. The zero-order valence-corrected chi connectivity index (χ0v) is 23.4. The Morgan fingerprint density at radius 1 is 1.14 bits per heavy atom. The number of nitrogens with two attached hydrogens (primary N) is 1. The number of nitrogens with zero attached hydrogens (tertiary/aromatic N) is 5. The Bertz CT molecular complexity index is 1830. The number of aromatic nitrogens is 5. The number of imidazole rings is 1. The van der Waals surface area contributed by atoms with Crippen LogP contribution in [0, 0.1) is 0 Å². The fourth-order valence-electron chi connectivity index (χ4n) is 4.19. The highest BCUT2D eigenvalue weighted by atomic mass is 35.5. The molecule has 222 valence electrons. The summed E-state index contributed by atoms with van der Waals surface area (Å²) >= 11 is 6.64. The quantitative estimate of drug-likeness (QED) is 0.157. The second-order valence-corrected chi connectivity index (χ2v) is 9.63. The molecule has 0 aliphatic carbocycles. The number of fused-ring (bicyclic) bond motifs is 1. The van der Waals surface area contributed by atoms with E-state index in [1.165, 1.54) is 17.0 Å². The van der Waals surface area contributed by atoms with Crippen LogP contribution in [0.3, 0.4) is 0 Å². The second kappa shape index (κ2) is 12.5. The molecule has 0 amide bonds. The molecule has 0 aliphatic heterocycles. The standard InChI is InChI=1S/C29H25ClF3N7O3/c1-39-25-24(30)23(43-22(14-34)20-9-5-6-10-35-20)15-36-26(25)38-28(39)37-21-13-19(29(31,32)33)16-40(27(21)41)11-12-42-17-18-7-3-2-4-8-18/h2-10,13-16H,11-12,17,34H2,1H3,(H,36,37,38). The van der Waals surface area contributed by atoms with Crippen molar-refractivity contribution in [3.05, 3.63) is 112 Å². The number of nitrogens with one attached hydrogen (secondary N) is 1. The zero-order valence-electron chi connectivity index (χ0n) is 22.7. The van der Waals surface area contributed by atoms with Gasteiger partial charge >= 0.3 is 6.18 Å². The summed E-state index contributed by atoms with van der Waals surface area (Å²) in [6.07, 6.45) is 0.192. The Labute approximate surface area is 248 Å². The van der Waals surface area contributed by atoms with Gasteiger partial charge in [0.25, 0.3) is 5.56 Å². The molecule has 0 bridgehead atoms. The van der Waals surface area contributed by atoms with Crippen molar-refractivity contribution in [2.45, 2.75) is 19.3 Å². The lowest BCUT2D eigenvalue weighted by molar-refractivity contribution is -0.138. The number of rotatable bonds is 10. The Kier molecular flexibility index (Phi) is 8.64. The van der Waals surface area contributed by atoms with Gasteiger partial charge in [-0.05, 0) is 23.8 Å². The smallest absolute Gasteiger partial charge is 0.417 e. The van der Waals surface area contributed by atoms with Crippen molar-refractivity contribution in [3.8, 4) is 5.75 Å². The van der Waals surface area contributed by atoms with E-state index in [0.717, 1.165) is 22.4 Å². The third-order valence-corrected chi connectivity index (χ3v) is 6.71. The van der Waals surface area contributed by atoms with Crippen LogP contribution < -0.4 is 21.3 Å². The highest BCUT2D eigenvalue weighted by molar-refractivity contribution is 6.36. The summed E-state index contributed by atoms with van der Waals surface area (Å²) < 4.78 is 55.2. The highest BCUT2D eigenvalue weighted by Crippen LogP contribution is 2.35. The van der Waals surface area contributed by atoms with Crippen LogP contribution in [-0.2, 0) is 31.1 Å². The number of benzene rings is 1. The van der Waals surface area contributed by atoms with E-state index < -0.39 is 17.3 Å². The summed E-state index contributed by atoms with van der Waals surface area (Å²) in [5.74, 6) is 0.397. The minimum atomic E-state index is -4.71. The fraction of sp³-hybridized carbons (Fsp3) is 0.172. The number of halogens is 4. The van der Waals surface area contributed by atoms with Gasteiger partial charge in [0.15, 0.2) is 17.2 Å². The van der Waals surface area contributed by atoms with Gasteiger partial charge in [0.05, 0.1) is 25.0 Å². The van der Waals surface area contributed by atoms with Crippen LogP contribution in [0.25, 0.3) is 16.9 Å². The number of hydrogen-bond acceptors (Lipinski definition) is 8. The Hall–Kier alpha value is -4.88. The van der Waals surface area contributed by atoms with Crippen molar-refractivity contribution < 1.29 is 22.6 Å². The van der Waals surface area contributed by atoms with E-state index >= 15 is 0 Å². The summed E-state index contributed by atoms with van der Waals surface area (Å²) in [6, 6.07) is 15.2. The van der Waals surface area contributed by atoms with E-state index in [2.05, 4.69) is 20.3 Å². The minimum absolute atomic E-state index is 0.0158. The Morgan fingerprint density at radius 2 is 1.91 bits per heavy atom. The van der Waals surface area contributed by atoms with Gasteiger partial charge in [-0.2, -0.15) is 18.2 Å². The van der Waals surface area contributed by atoms with E-state index in [1.807, 2.05) is 30.3 Å². The van der Waals surface area contributed by atoms with Gasteiger partial charge in [0.1, 0.15) is 21.9 Å². The van der Waals surface area contributed by atoms with E-state index in [-0.39, 0.29) is 53.6 Å². The summed E-state index contributed by atoms with van der Waals surface area (Å²) in [7, 11) is 1.57. The van der Waals surface area contributed by atoms with Crippen molar-refractivity contribution in [1.29, 1.82) is 0 Å². The highest BCUT2D eigenvalue weighted by Gasteiger charge is 2.32. The van der Waals surface area contributed by atoms with Gasteiger partial charge in [-0.1, -0.05) is 48.0 Å². The summed E-state index contributed by atoms with van der Waals surface area (Å²) in [5, 5.41) is 2.83. The predicted molar refractivity (Wildman–Crippen MR) is 156 cm³/mol. The maximum Gasteiger partial charge on any atom is 0.417 e. The monoisotopic (exact) mass is 611 g/mol. The lowest BCUT2D eigenvalue weighted by Gasteiger charge is -2.15. The first-order valence-corrected chi connectivity index (χ1v) is 13.3. The average Bonchev–Trinajstić information content (AvgIpc) is 3.32. The number of hydrogen-bond donors (Lipinski definition) is 2. The van der Waals surface area contributed by atoms with Gasteiger partial charge < -0.3 is 29.7 Å². The van der Waals surface area contributed by atoms with Crippen LogP contribution in [0.5, 0.6) is 5.75 Å². The number of pyridine rings is 3. The van der Waals surface area contributed by atoms with E-state index in [9.17, 15) is 18.0 Å². The molecule has 5 rings (SSSR count). The number of anilines is 2. The van der Waals surface area contributed by atoms with Gasteiger partial charge in [0.2, 0.25) is 5.95 Å². The number of aryl methyl sites for hydroxylation is 1. The molecule has 43 heavy (non-hydrogen) atoms. The normalized spacial score (nSPS) is 12.1. The van der Waals surface area contributed by atoms with Crippen LogP contribution in [-0.4, -0.2) is 30.7 Å². The van der Waals surface area contributed by atoms with Crippen molar-refractivity contribution in [1.82, 2.24) is 24.1 Å². The molecule has 0 radical (unpaired) electrons. The number of ether oxygens (including phenoxy) is 2. The SMILES string of the molecule is Cn1c(Nc2cc(C(F)(F)F)cn(CCOCc3ccccc3)c2=O)nc2ncc(OC(=CN)c3ccccn3)c(Cl)c21. The lowest BCUT2D eigenvalue weighted by atomic mass is 10.2. The van der Waals surface area contributed by atoms with Crippen molar-refractivity contribution in [2.75, 3.05) is 11.9 Å². The van der Waals surface area contributed by atoms with E-state index in [4.69, 9.17) is 26.8 Å². The topological polar surface area (TPSA) is 122 Å². The van der Waals surface area contributed by atoms with Gasteiger partial charge in [-0.15, -0.1) is 0 Å². The molecule has 0 saturated carbocycles. The van der Waals surface area contributed by atoms with Gasteiger partial charge in [-0.3, -0.25) is 9.78 Å². The Balaban J connectivity index is 1.42. The van der Waals surface area contributed by atoms with E-state index in [0.29, 0.717) is 11.2 Å².